The highest BCUT2D eigenvalue weighted by molar-refractivity contribution is 7.15. The molecule has 0 aliphatic heterocycles. The average Bonchev–Trinajstić information content (AvgIpc) is 2.67. The van der Waals surface area contributed by atoms with Gasteiger partial charge in [-0.3, -0.25) is 4.79 Å². The molecule has 0 saturated heterocycles. The third kappa shape index (κ3) is 4.06. The molecule has 0 unspecified atom stereocenters. The van der Waals surface area contributed by atoms with E-state index in [9.17, 15) is 4.79 Å². The zero-order valence-electron chi connectivity index (χ0n) is 9.49. The van der Waals surface area contributed by atoms with Gasteiger partial charge in [0.1, 0.15) is 5.01 Å². The Morgan fingerprint density at radius 2 is 2.31 bits per heavy atom. The van der Waals surface area contributed by atoms with Gasteiger partial charge in [-0.15, -0.1) is 21.8 Å². The molecule has 16 heavy (non-hydrogen) atoms. The number of anilines is 1. The van der Waals surface area contributed by atoms with Crippen LogP contribution < -0.4 is 5.32 Å². The van der Waals surface area contributed by atoms with E-state index < -0.39 is 0 Å². The molecule has 0 spiro atoms. The van der Waals surface area contributed by atoms with Crippen molar-refractivity contribution in [3.05, 3.63) is 5.01 Å². The molecule has 90 valence electrons. The summed E-state index contributed by atoms with van der Waals surface area (Å²) in [4.78, 5) is 11.3. The number of nitrogens with one attached hydrogen (secondary N) is 1. The number of hydrogen-bond acceptors (Lipinski definition) is 4. The first-order valence-corrected chi connectivity index (χ1v) is 6.71. The highest BCUT2D eigenvalue weighted by atomic mass is 35.5. The first-order valence-electron chi connectivity index (χ1n) is 5.36. The predicted octanol–water partition coefficient (Wildman–Crippen LogP) is 3.01. The van der Waals surface area contributed by atoms with Crippen molar-refractivity contribution in [2.75, 3.05) is 11.2 Å². The summed E-state index contributed by atoms with van der Waals surface area (Å²) in [6, 6.07) is 0. The average molecular weight is 262 g/mol. The number of nitrogens with zero attached hydrogens (tertiary/aromatic N) is 2. The quantitative estimate of drug-likeness (QED) is 0.801. The molecule has 1 amide bonds. The van der Waals surface area contributed by atoms with Gasteiger partial charge in [-0.25, -0.2) is 0 Å². The SMILES string of the molecule is CCC[C@H](C)c1nnc(NC(=O)CCCl)s1. The minimum atomic E-state index is -0.110. The van der Waals surface area contributed by atoms with Crippen LogP contribution in [0.3, 0.4) is 0 Å². The maximum Gasteiger partial charge on any atom is 0.227 e. The number of carbonyl (C=O) groups excluding carboxylic acids is 1. The number of carbonyl (C=O) groups is 1. The lowest BCUT2D eigenvalue weighted by Crippen LogP contribution is -2.11. The van der Waals surface area contributed by atoms with E-state index in [0.29, 0.717) is 23.4 Å². The van der Waals surface area contributed by atoms with Gasteiger partial charge in [-0.2, -0.15) is 0 Å². The molecular weight excluding hydrogens is 246 g/mol. The van der Waals surface area contributed by atoms with Gasteiger partial charge >= 0.3 is 0 Å². The van der Waals surface area contributed by atoms with Gasteiger partial charge in [0.05, 0.1) is 0 Å². The van der Waals surface area contributed by atoms with E-state index in [0.717, 1.165) is 17.8 Å². The third-order valence-corrected chi connectivity index (χ3v) is 3.41. The first kappa shape index (κ1) is 13.4. The number of alkyl halides is 1. The van der Waals surface area contributed by atoms with E-state index in [4.69, 9.17) is 11.6 Å². The van der Waals surface area contributed by atoms with Crippen LogP contribution in [-0.2, 0) is 4.79 Å². The molecule has 1 N–H and O–H groups in total. The molecule has 1 rings (SSSR count). The van der Waals surface area contributed by atoms with Crippen LogP contribution in [0.15, 0.2) is 0 Å². The van der Waals surface area contributed by atoms with Crippen molar-refractivity contribution < 1.29 is 4.79 Å². The molecule has 4 nitrogen and oxygen atoms in total. The summed E-state index contributed by atoms with van der Waals surface area (Å²) in [5.74, 6) is 0.617. The summed E-state index contributed by atoms with van der Waals surface area (Å²) in [5.41, 5.74) is 0. The zero-order chi connectivity index (χ0) is 12.0. The summed E-state index contributed by atoms with van der Waals surface area (Å²) in [6.45, 7) is 4.26. The molecule has 1 aromatic heterocycles. The molecule has 0 saturated carbocycles. The topological polar surface area (TPSA) is 54.9 Å². The predicted molar refractivity (Wildman–Crippen MR) is 67.2 cm³/mol. The Morgan fingerprint density at radius 3 is 2.94 bits per heavy atom. The maximum atomic E-state index is 11.3. The van der Waals surface area contributed by atoms with Gasteiger partial charge in [0, 0.05) is 18.2 Å². The minimum absolute atomic E-state index is 0.110. The normalized spacial score (nSPS) is 12.4. The van der Waals surface area contributed by atoms with Gasteiger partial charge in [0.25, 0.3) is 0 Å². The smallest absolute Gasteiger partial charge is 0.227 e. The lowest BCUT2D eigenvalue weighted by atomic mass is 10.1. The van der Waals surface area contributed by atoms with Crippen molar-refractivity contribution in [2.45, 2.75) is 39.0 Å². The Labute approximate surface area is 104 Å². The second kappa shape index (κ2) is 6.81. The van der Waals surface area contributed by atoms with Crippen molar-refractivity contribution >= 4 is 34.0 Å². The van der Waals surface area contributed by atoms with Crippen molar-refractivity contribution in [3.63, 3.8) is 0 Å². The van der Waals surface area contributed by atoms with E-state index in [-0.39, 0.29) is 5.91 Å². The molecular formula is C10H16ClN3OS. The third-order valence-electron chi connectivity index (χ3n) is 2.15. The molecule has 0 aliphatic carbocycles. The van der Waals surface area contributed by atoms with Crippen LogP contribution in [0.5, 0.6) is 0 Å². The van der Waals surface area contributed by atoms with Crippen molar-refractivity contribution in [1.29, 1.82) is 0 Å². The number of halogens is 1. The molecule has 1 aromatic rings. The van der Waals surface area contributed by atoms with E-state index in [1.165, 1.54) is 11.3 Å². The summed E-state index contributed by atoms with van der Waals surface area (Å²) in [7, 11) is 0. The first-order chi connectivity index (χ1) is 7.67. The Morgan fingerprint density at radius 1 is 1.56 bits per heavy atom. The second-order valence-corrected chi connectivity index (χ2v) is 5.01. The molecule has 6 heteroatoms. The van der Waals surface area contributed by atoms with Crippen LogP contribution in [0.4, 0.5) is 5.13 Å². The molecule has 1 heterocycles. The fourth-order valence-electron chi connectivity index (χ4n) is 1.31. The number of rotatable bonds is 6. The number of amides is 1. The van der Waals surface area contributed by atoms with Crippen molar-refractivity contribution in [1.82, 2.24) is 10.2 Å². The molecule has 0 aliphatic rings. The van der Waals surface area contributed by atoms with Gasteiger partial charge in [0.15, 0.2) is 0 Å². The monoisotopic (exact) mass is 261 g/mol. The fraction of sp³-hybridized carbons (Fsp3) is 0.700. The Kier molecular flexibility index (Phi) is 5.69. The lowest BCUT2D eigenvalue weighted by molar-refractivity contribution is -0.115. The van der Waals surface area contributed by atoms with Crippen LogP contribution in [0.1, 0.15) is 44.0 Å². The number of hydrogen-bond donors (Lipinski definition) is 1. The van der Waals surface area contributed by atoms with Crippen molar-refractivity contribution in [3.8, 4) is 0 Å². The standard InChI is InChI=1S/C10H16ClN3OS/c1-3-4-7(2)9-13-14-10(16-9)12-8(15)5-6-11/h7H,3-6H2,1-2H3,(H,12,14,15)/t7-/m0/s1. The van der Waals surface area contributed by atoms with E-state index in [1.54, 1.807) is 0 Å². The van der Waals surface area contributed by atoms with Gasteiger partial charge in [0.2, 0.25) is 11.0 Å². The zero-order valence-corrected chi connectivity index (χ0v) is 11.1. The Hall–Kier alpha value is -0.680. The second-order valence-electron chi connectivity index (χ2n) is 3.62. The van der Waals surface area contributed by atoms with E-state index >= 15 is 0 Å². The minimum Gasteiger partial charge on any atom is -0.300 e. The van der Waals surface area contributed by atoms with Crippen LogP contribution >= 0.6 is 22.9 Å². The lowest BCUT2D eigenvalue weighted by Gasteiger charge is -2.03. The molecule has 0 fully saturated rings. The van der Waals surface area contributed by atoms with Crippen LogP contribution in [0.25, 0.3) is 0 Å². The molecule has 0 bridgehead atoms. The van der Waals surface area contributed by atoms with E-state index in [1.807, 2.05) is 0 Å². The summed E-state index contributed by atoms with van der Waals surface area (Å²) < 4.78 is 0. The highest BCUT2D eigenvalue weighted by Crippen LogP contribution is 2.26. The van der Waals surface area contributed by atoms with Gasteiger partial charge in [-0.05, 0) is 6.42 Å². The summed E-state index contributed by atoms with van der Waals surface area (Å²) in [6.07, 6.45) is 2.51. The van der Waals surface area contributed by atoms with Crippen LogP contribution in [0, 0.1) is 0 Å². The fourth-order valence-corrected chi connectivity index (χ4v) is 2.33. The van der Waals surface area contributed by atoms with Gasteiger partial charge in [-0.1, -0.05) is 31.6 Å². The highest BCUT2D eigenvalue weighted by Gasteiger charge is 2.12. The number of aromatic nitrogens is 2. The molecule has 0 radical (unpaired) electrons. The van der Waals surface area contributed by atoms with E-state index in [2.05, 4.69) is 29.4 Å². The molecule has 1 atom stereocenters. The maximum absolute atomic E-state index is 11.3. The largest absolute Gasteiger partial charge is 0.300 e. The van der Waals surface area contributed by atoms with Crippen LogP contribution in [0.2, 0.25) is 0 Å². The van der Waals surface area contributed by atoms with Crippen LogP contribution in [-0.4, -0.2) is 22.0 Å². The van der Waals surface area contributed by atoms with Crippen molar-refractivity contribution in [2.24, 2.45) is 0 Å². The molecule has 0 aromatic carbocycles. The van der Waals surface area contributed by atoms with Gasteiger partial charge < -0.3 is 5.32 Å². The summed E-state index contributed by atoms with van der Waals surface area (Å²) in [5, 5.41) is 12.2. The Bertz CT molecular complexity index is 343. The Balaban J connectivity index is 2.54. The summed E-state index contributed by atoms with van der Waals surface area (Å²) >= 11 is 6.90.